The zero-order chi connectivity index (χ0) is 13.9. The molecule has 19 heavy (non-hydrogen) atoms. The van der Waals surface area contributed by atoms with E-state index in [1.54, 1.807) is 12.3 Å². The highest BCUT2D eigenvalue weighted by molar-refractivity contribution is 7.89. The van der Waals surface area contributed by atoms with Crippen molar-refractivity contribution in [1.29, 1.82) is 0 Å². The Labute approximate surface area is 120 Å². The molecule has 0 aliphatic heterocycles. The lowest BCUT2D eigenvalue weighted by Gasteiger charge is -2.04. The average Bonchev–Trinajstić information content (AvgIpc) is 2.97. The monoisotopic (exact) mass is 317 g/mol. The van der Waals surface area contributed by atoms with E-state index in [-0.39, 0.29) is 6.54 Å². The van der Waals surface area contributed by atoms with Gasteiger partial charge in [-0.1, -0.05) is 0 Å². The maximum atomic E-state index is 12.2. The molecule has 5 nitrogen and oxygen atoms in total. The van der Waals surface area contributed by atoms with E-state index in [9.17, 15) is 8.42 Å². The van der Waals surface area contributed by atoms with Gasteiger partial charge in [0.15, 0.2) is 0 Å². The van der Waals surface area contributed by atoms with E-state index in [2.05, 4.69) is 15.0 Å². The zero-order valence-corrected chi connectivity index (χ0v) is 13.1. The Bertz CT molecular complexity index is 632. The van der Waals surface area contributed by atoms with Gasteiger partial charge < -0.3 is 5.32 Å². The van der Waals surface area contributed by atoms with Crippen LogP contribution in [0.4, 0.5) is 0 Å². The molecule has 2 heterocycles. The normalized spacial score (nSPS) is 11.9. The first-order chi connectivity index (χ1) is 9.03. The second-order valence-corrected chi connectivity index (χ2v) is 7.97. The predicted octanol–water partition coefficient (Wildman–Crippen LogP) is 1.71. The summed E-state index contributed by atoms with van der Waals surface area (Å²) in [4.78, 5) is 6.23. The Morgan fingerprint density at radius 3 is 2.79 bits per heavy atom. The number of hydrogen-bond acceptors (Lipinski definition) is 6. The van der Waals surface area contributed by atoms with Crippen LogP contribution in [0.2, 0.25) is 0 Å². The molecule has 0 unspecified atom stereocenters. The maximum absolute atomic E-state index is 12.2. The summed E-state index contributed by atoms with van der Waals surface area (Å²) >= 11 is 2.93. The molecule has 0 atom stereocenters. The number of nitrogens with zero attached hydrogens (tertiary/aromatic N) is 1. The molecule has 0 aromatic carbocycles. The quantitative estimate of drug-likeness (QED) is 0.851. The number of hydrogen-bond donors (Lipinski definition) is 2. The Morgan fingerprint density at radius 1 is 1.37 bits per heavy atom. The fourth-order valence-corrected chi connectivity index (χ4v) is 4.91. The minimum Gasteiger partial charge on any atom is -0.315 e. The van der Waals surface area contributed by atoms with Gasteiger partial charge in [0.1, 0.15) is 5.01 Å². The Morgan fingerprint density at radius 2 is 2.16 bits per heavy atom. The van der Waals surface area contributed by atoms with Crippen LogP contribution in [-0.4, -0.2) is 20.4 Å². The summed E-state index contributed by atoms with van der Waals surface area (Å²) in [6, 6.07) is 1.72. The van der Waals surface area contributed by atoms with Crippen LogP contribution in [0, 0.1) is 6.92 Å². The van der Waals surface area contributed by atoms with Crippen molar-refractivity contribution in [3.05, 3.63) is 32.4 Å². The van der Waals surface area contributed by atoms with Gasteiger partial charge >= 0.3 is 0 Å². The molecule has 0 saturated heterocycles. The lowest BCUT2D eigenvalue weighted by atomic mass is 10.4. The first-order valence-electron chi connectivity index (χ1n) is 5.65. The summed E-state index contributed by atoms with van der Waals surface area (Å²) in [5, 5.41) is 5.60. The van der Waals surface area contributed by atoms with Gasteiger partial charge in [-0.3, -0.25) is 0 Å². The van der Waals surface area contributed by atoms with Gasteiger partial charge in [-0.05, 0) is 20.0 Å². The van der Waals surface area contributed by atoms with E-state index < -0.39 is 10.0 Å². The molecule has 0 radical (unpaired) electrons. The summed E-state index contributed by atoms with van der Waals surface area (Å²) < 4.78 is 27.0. The van der Waals surface area contributed by atoms with E-state index in [1.807, 2.05) is 19.4 Å². The second kappa shape index (κ2) is 6.10. The first kappa shape index (κ1) is 14.6. The molecule has 2 rings (SSSR count). The van der Waals surface area contributed by atoms with E-state index in [0.29, 0.717) is 11.4 Å². The largest absolute Gasteiger partial charge is 0.315 e. The molecular formula is C11H15N3O2S3. The van der Waals surface area contributed by atoms with Crippen molar-refractivity contribution < 1.29 is 8.42 Å². The van der Waals surface area contributed by atoms with Crippen molar-refractivity contribution in [1.82, 2.24) is 15.0 Å². The Kier molecular flexibility index (Phi) is 4.69. The van der Waals surface area contributed by atoms with Crippen molar-refractivity contribution in [3.63, 3.8) is 0 Å². The summed E-state index contributed by atoms with van der Waals surface area (Å²) in [5.74, 6) is 0. The van der Waals surface area contributed by atoms with Gasteiger partial charge in [0.25, 0.3) is 0 Å². The van der Waals surface area contributed by atoms with Crippen molar-refractivity contribution in [2.24, 2.45) is 0 Å². The van der Waals surface area contributed by atoms with E-state index in [1.165, 1.54) is 22.7 Å². The average molecular weight is 317 g/mol. The number of sulfonamides is 1. The van der Waals surface area contributed by atoms with Crippen LogP contribution in [0.3, 0.4) is 0 Å². The highest BCUT2D eigenvalue weighted by Crippen LogP contribution is 2.25. The molecule has 0 fully saturated rings. The van der Waals surface area contributed by atoms with Gasteiger partial charge in [-0.15, -0.1) is 22.7 Å². The van der Waals surface area contributed by atoms with E-state index >= 15 is 0 Å². The molecule has 104 valence electrons. The fraction of sp³-hybridized carbons (Fsp3) is 0.364. The van der Waals surface area contributed by atoms with Gasteiger partial charge in [-0.2, -0.15) is 0 Å². The summed E-state index contributed by atoms with van der Waals surface area (Å²) in [6.45, 7) is 2.73. The molecule has 0 aliphatic carbocycles. The number of nitrogens with one attached hydrogen (secondary N) is 2. The van der Waals surface area contributed by atoms with Crippen molar-refractivity contribution in [3.8, 4) is 0 Å². The van der Waals surface area contributed by atoms with E-state index in [4.69, 9.17) is 0 Å². The summed E-state index contributed by atoms with van der Waals surface area (Å²) in [7, 11) is -1.63. The molecule has 0 spiro atoms. The van der Waals surface area contributed by atoms with Gasteiger partial charge in [0.05, 0.1) is 11.4 Å². The number of aromatic nitrogens is 1. The van der Waals surface area contributed by atoms with Crippen LogP contribution in [0.1, 0.15) is 14.8 Å². The molecule has 0 saturated carbocycles. The standard InChI is InChI=1S/C11H15N3O2S3/c1-8-10(5-9(18-8)6-12-2)19(15,16)14-7-11-13-3-4-17-11/h3-5,12,14H,6-7H2,1-2H3. The van der Waals surface area contributed by atoms with Crippen LogP contribution < -0.4 is 10.0 Å². The van der Waals surface area contributed by atoms with Crippen LogP contribution in [0.5, 0.6) is 0 Å². The number of aryl methyl sites for hydroxylation is 1. The van der Waals surface area contributed by atoms with Crippen LogP contribution in [0.25, 0.3) is 0 Å². The Hall–Kier alpha value is -0.800. The second-order valence-electron chi connectivity index (χ2n) is 3.91. The minimum atomic E-state index is -3.47. The molecule has 0 aliphatic rings. The lowest BCUT2D eigenvalue weighted by molar-refractivity contribution is 0.581. The number of thiophene rings is 1. The highest BCUT2D eigenvalue weighted by Gasteiger charge is 2.19. The van der Waals surface area contributed by atoms with Crippen molar-refractivity contribution in [2.45, 2.75) is 24.9 Å². The fourth-order valence-electron chi connectivity index (χ4n) is 1.63. The van der Waals surface area contributed by atoms with Crippen LogP contribution in [-0.2, 0) is 23.1 Å². The smallest absolute Gasteiger partial charge is 0.242 e. The van der Waals surface area contributed by atoms with Crippen LogP contribution in [0.15, 0.2) is 22.5 Å². The molecule has 0 bridgehead atoms. The maximum Gasteiger partial charge on any atom is 0.242 e. The van der Waals surface area contributed by atoms with Gasteiger partial charge in [0.2, 0.25) is 10.0 Å². The number of thiazole rings is 1. The zero-order valence-electron chi connectivity index (χ0n) is 10.6. The third kappa shape index (κ3) is 3.61. The molecule has 0 amide bonds. The molecule has 2 aromatic heterocycles. The van der Waals surface area contributed by atoms with Crippen LogP contribution >= 0.6 is 22.7 Å². The lowest BCUT2D eigenvalue weighted by Crippen LogP contribution is -2.23. The summed E-state index contributed by atoms with van der Waals surface area (Å²) in [5.41, 5.74) is 0. The molecule has 8 heteroatoms. The highest BCUT2D eigenvalue weighted by atomic mass is 32.2. The SMILES string of the molecule is CNCc1cc(S(=O)(=O)NCc2nccs2)c(C)s1. The molecule has 2 aromatic rings. The predicted molar refractivity (Wildman–Crippen MR) is 78.0 cm³/mol. The van der Waals surface area contributed by atoms with E-state index in [0.717, 1.165) is 14.8 Å². The molecular weight excluding hydrogens is 302 g/mol. The van der Waals surface area contributed by atoms with Crippen molar-refractivity contribution >= 4 is 32.7 Å². The first-order valence-corrected chi connectivity index (χ1v) is 8.83. The van der Waals surface area contributed by atoms with Gasteiger partial charge in [0, 0.05) is 27.9 Å². The third-order valence-corrected chi connectivity index (χ3v) is 5.95. The number of rotatable bonds is 6. The Balaban J connectivity index is 2.14. The van der Waals surface area contributed by atoms with Crippen molar-refractivity contribution in [2.75, 3.05) is 7.05 Å². The molecule has 2 N–H and O–H groups in total. The topological polar surface area (TPSA) is 71.1 Å². The third-order valence-electron chi connectivity index (χ3n) is 2.46. The minimum absolute atomic E-state index is 0.233. The van der Waals surface area contributed by atoms with Gasteiger partial charge in [-0.25, -0.2) is 18.1 Å². The summed E-state index contributed by atoms with van der Waals surface area (Å²) in [6.07, 6.45) is 1.66.